The number of phenolic OH excluding ortho intramolecular Hbond substituents is 1. The average Bonchev–Trinajstić information content (AvgIpc) is 2.16. The molecule has 0 amide bonds. The lowest BCUT2D eigenvalue weighted by Gasteiger charge is -2.13. The van der Waals surface area contributed by atoms with Crippen LogP contribution in [0.2, 0.25) is 0 Å². The van der Waals surface area contributed by atoms with Gasteiger partial charge in [0.25, 0.3) is 0 Å². The number of benzene rings is 1. The predicted molar refractivity (Wildman–Crippen MR) is 52.5 cm³/mol. The van der Waals surface area contributed by atoms with Crippen molar-refractivity contribution in [2.75, 3.05) is 14.2 Å². The van der Waals surface area contributed by atoms with Crippen LogP contribution < -0.4 is 15.2 Å². The van der Waals surface area contributed by atoms with Gasteiger partial charge in [0.2, 0.25) is 5.75 Å². The second-order valence-corrected chi connectivity index (χ2v) is 3.14. The van der Waals surface area contributed by atoms with Crippen LogP contribution in [0.1, 0.15) is 18.5 Å². The molecule has 0 aliphatic heterocycles. The lowest BCUT2D eigenvalue weighted by Crippen LogP contribution is -2.51. The quantitative estimate of drug-likeness (QED) is 0.751. The molecule has 0 saturated carbocycles. The first-order chi connectivity index (χ1) is 6.61. The molecule has 4 heteroatoms. The van der Waals surface area contributed by atoms with E-state index in [0.29, 0.717) is 11.5 Å². The molecule has 0 saturated heterocycles. The Bertz CT molecular complexity index is 323. The summed E-state index contributed by atoms with van der Waals surface area (Å²) in [7, 11) is 3.03. The summed E-state index contributed by atoms with van der Waals surface area (Å²) in [6.07, 6.45) is 0. The Morgan fingerprint density at radius 3 is 2.36 bits per heavy atom. The molecule has 0 aromatic heterocycles. The summed E-state index contributed by atoms with van der Waals surface area (Å²) in [6.45, 7) is 1.90. The average molecular weight is 198 g/mol. The number of hydrogen-bond donors (Lipinski definition) is 2. The second-order valence-electron chi connectivity index (χ2n) is 3.14. The van der Waals surface area contributed by atoms with Crippen molar-refractivity contribution >= 4 is 0 Å². The summed E-state index contributed by atoms with van der Waals surface area (Å²) in [5, 5.41) is 9.83. The normalized spacial score (nSPS) is 12.3. The molecule has 78 valence electrons. The van der Waals surface area contributed by atoms with Gasteiger partial charge in [-0.1, -0.05) is 0 Å². The van der Waals surface area contributed by atoms with Crippen molar-refractivity contribution in [2.45, 2.75) is 13.0 Å². The second kappa shape index (κ2) is 4.19. The van der Waals surface area contributed by atoms with Gasteiger partial charge in [-0.3, -0.25) is 0 Å². The number of methoxy groups -OCH3 is 2. The summed E-state index contributed by atoms with van der Waals surface area (Å²) in [5.41, 5.74) is 4.60. The number of hydrogen-bond acceptors (Lipinski definition) is 3. The highest BCUT2D eigenvalue weighted by atomic mass is 16.5. The highest BCUT2D eigenvalue weighted by molar-refractivity contribution is 5.55. The van der Waals surface area contributed by atoms with Crippen LogP contribution >= 0.6 is 0 Å². The van der Waals surface area contributed by atoms with Gasteiger partial charge >= 0.3 is 0 Å². The van der Waals surface area contributed by atoms with E-state index in [1.165, 1.54) is 14.2 Å². The number of quaternary nitrogens is 1. The molecule has 0 bridgehead atoms. The molecule has 4 nitrogen and oxygen atoms in total. The first kappa shape index (κ1) is 10.7. The maximum absolute atomic E-state index is 9.83. The highest BCUT2D eigenvalue weighted by Gasteiger charge is 2.17. The van der Waals surface area contributed by atoms with E-state index in [-0.39, 0.29) is 11.8 Å². The van der Waals surface area contributed by atoms with Gasteiger partial charge in [0.05, 0.1) is 19.8 Å². The summed E-state index contributed by atoms with van der Waals surface area (Å²) < 4.78 is 10.1. The van der Waals surface area contributed by atoms with E-state index in [2.05, 4.69) is 5.73 Å². The van der Waals surface area contributed by atoms with Gasteiger partial charge in [-0.15, -0.1) is 0 Å². The van der Waals surface area contributed by atoms with Crippen LogP contribution in [-0.4, -0.2) is 19.3 Å². The minimum Gasteiger partial charge on any atom is -0.504 e. The van der Waals surface area contributed by atoms with Crippen LogP contribution in [0.15, 0.2) is 12.1 Å². The monoisotopic (exact) mass is 198 g/mol. The molecule has 1 rings (SSSR count). The van der Waals surface area contributed by atoms with Crippen LogP contribution in [0, 0.1) is 0 Å². The maximum atomic E-state index is 9.83. The Kier molecular flexibility index (Phi) is 3.19. The molecule has 0 radical (unpaired) electrons. The SMILES string of the molecule is COc1ccc([C@H](C)[NH3+])c(O)c1OC. The predicted octanol–water partition coefficient (Wildman–Crippen LogP) is 0.712. The van der Waals surface area contributed by atoms with Gasteiger partial charge in [-0.2, -0.15) is 0 Å². The van der Waals surface area contributed by atoms with Crippen LogP contribution in [0.4, 0.5) is 0 Å². The maximum Gasteiger partial charge on any atom is 0.203 e. The largest absolute Gasteiger partial charge is 0.504 e. The standard InChI is InChI=1S/C10H15NO3/c1-6(11)7-4-5-8(13-2)10(14-3)9(7)12/h4-6,12H,11H2,1-3H3/p+1/t6-/m0/s1. The van der Waals surface area contributed by atoms with Gasteiger partial charge in [0.15, 0.2) is 11.5 Å². The first-order valence-corrected chi connectivity index (χ1v) is 4.38. The zero-order valence-corrected chi connectivity index (χ0v) is 8.70. The Morgan fingerprint density at radius 1 is 1.29 bits per heavy atom. The van der Waals surface area contributed by atoms with Crippen molar-refractivity contribution in [2.24, 2.45) is 0 Å². The minimum absolute atomic E-state index is 0.00908. The fourth-order valence-electron chi connectivity index (χ4n) is 1.32. The van der Waals surface area contributed by atoms with Gasteiger partial charge in [-0.25, -0.2) is 0 Å². The Morgan fingerprint density at radius 2 is 1.93 bits per heavy atom. The fourth-order valence-corrected chi connectivity index (χ4v) is 1.32. The summed E-state index contributed by atoms with van der Waals surface area (Å²) in [6, 6.07) is 3.55. The van der Waals surface area contributed by atoms with E-state index in [9.17, 15) is 5.11 Å². The Labute approximate surface area is 83.3 Å². The van der Waals surface area contributed by atoms with Crippen LogP contribution in [0.3, 0.4) is 0 Å². The van der Waals surface area contributed by atoms with Crippen molar-refractivity contribution < 1.29 is 20.3 Å². The molecular formula is C10H16NO3+. The Hall–Kier alpha value is -1.42. The van der Waals surface area contributed by atoms with Gasteiger partial charge < -0.3 is 20.3 Å². The number of rotatable bonds is 3. The highest BCUT2D eigenvalue weighted by Crippen LogP contribution is 2.40. The van der Waals surface area contributed by atoms with Crippen molar-refractivity contribution in [3.8, 4) is 17.2 Å². The third-order valence-corrected chi connectivity index (χ3v) is 2.08. The van der Waals surface area contributed by atoms with E-state index >= 15 is 0 Å². The lowest BCUT2D eigenvalue weighted by molar-refractivity contribution is -0.420. The molecule has 0 unspecified atom stereocenters. The van der Waals surface area contributed by atoms with Crippen molar-refractivity contribution in [1.82, 2.24) is 0 Å². The molecule has 0 aliphatic rings. The zero-order chi connectivity index (χ0) is 10.7. The summed E-state index contributed by atoms with van der Waals surface area (Å²) in [4.78, 5) is 0. The molecule has 0 aliphatic carbocycles. The van der Waals surface area contributed by atoms with E-state index in [1.54, 1.807) is 12.1 Å². The molecule has 0 fully saturated rings. The molecule has 4 N–H and O–H groups in total. The zero-order valence-electron chi connectivity index (χ0n) is 8.70. The third-order valence-electron chi connectivity index (χ3n) is 2.08. The van der Waals surface area contributed by atoms with Gasteiger partial charge in [0, 0.05) is 0 Å². The molecule has 14 heavy (non-hydrogen) atoms. The minimum atomic E-state index is 0.00908. The van der Waals surface area contributed by atoms with E-state index in [1.807, 2.05) is 6.92 Å². The Balaban J connectivity index is 3.27. The van der Waals surface area contributed by atoms with Crippen molar-refractivity contribution in [1.29, 1.82) is 0 Å². The molecular weight excluding hydrogens is 182 g/mol. The van der Waals surface area contributed by atoms with Crippen molar-refractivity contribution in [3.05, 3.63) is 17.7 Å². The van der Waals surface area contributed by atoms with E-state index < -0.39 is 0 Å². The smallest absolute Gasteiger partial charge is 0.203 e. The van der Waals surface area contributed by atoms with Gasteiger partial charge in [-0.05, 0) is 19.1 Å². The van der Waals surface area contributed by atoms with Gasteiger partial charge in [0.1, 0.15) is 6.04 Å². The number of phenols is 1. The van der Waals surface area contributed by atoms with E-state index in [0.717, 1.165) is 5.56 Å². The number of aromatic hydroxyl groups is 1. The van der Waals surface area contributed by atoms with Crippen molar-refractivity contribution in [3.63, 3.8) is 0 Å². The summed E-state index contributed by atoms with van der Waals surface area (Å²) in [5.74, 6) is 0.990. The lowest BCUT2D eigenvalue weighted by atomic mass is 10.1. The molecule has 1 atom stereocenters. The molecule has 1 aromatic rings. The summed E-state index contributed by atoms with van der Waals surface area (Å²) >= 11 is 0. The van der Waals surface area contributed by atoms with Crippen LogP contribution in [0.25, 0.3) is 0 Å². The third kappa shape index (κ3) is 1.75. The number of ether oxygens (including phenoxy) is 2. The first-order valence-electron chi connectivity index (χ1n) is 4.38. The molecule has 0 spiro atoms. The topological polar surface area (TPSA) is 66.3 Å². The molecule has 1 aromatic carbocycles. The van der Waals surface area contributed by atoms with Crippen LogP contribution in [0.5, 0.6) is 17.2 Å². The van der Waals surface area contributed by atoms with E-state index in [4.69, 9.17) is 9.47 Å². The molecule has 0 heterocycles. The fraction of sp³-hybridized carbons (Fsp3) is 0.400. The van der Waals surface area contributed by atoms with Crippen LogP contribution in [-0.2, 0) is 0 Å².